The molecule has 0 aliphatic rings. The van der Waals surface area contributed by atoms with E-state index in [1.54, 1.807) is 24.3 Å². The van der Waals surface area contributed by atoms with E-state index in [0.29, 0.717) is 17.2 Å². The van der Waals surface area contributed by atoms with Crippen molar-refractivity contribution in [2.75, 3.05) is 13.9 Å². The summed E-state index contributed by atoms with van der Waals surface area (Å²) in [5, 5.41) is 0.600. The van der Waals surface area contributed by atoms with Crippen LogP contribution in [-0.2, 0) is 19.1 Å². The van der Waals surface area contributed by atoms with Crippen LogP contribution in [0.1, 0.15) is 77.7 Å². The molecule has 0 N–H and O–H groups in total. The third kappa shape index (κ3) is 10.5. The van der Waals surface area contributed by atoms with E-state index in [9.17, 15) is 14.4 Å². The van der Waals surface area contributed by atoms with Crippen LogP contribution < -0.4 is 14.2 Å². The summed E-state index contributed by atoms with van der Waals surface area (Å²) in [6, 6.07) is 8.60. The summed E-state index contributed by atoms with van der Waals surface area (Å²) < 4.78 is 28.0. The number of halogens is 1. The molecule has 2 aromatic rings. The van der Waals surface area contributed by atoms with Crippen LogP contribution in [0.3, 0.4) is 0 Å². The maximum atomic E-state index is 13.5. The van der Waals surface area contributed by atoms with E-state index in [-0.39, 0.29) is 35.4 Å². The number of rotatable bonds is 17. The van der Waals surface area contributed by atoms with Crippen LogP contribution in [0.4, 0.5) is 0 Å². The van der Waals surface area contributed by atoms with Gasteiger partial charge in [-0.2, -0.15) is 0 Å². The number of aromatic nitrogens is 1. The van der Waals surface area contributed by atoms with E-state index < -0.39 is 42.6 Å². The Hall–Kier alpha value is -3.33. The Morgan fingerprint density at radius 3 is 2.22 bits per heavy atom. The lowest BCUT2D eigenvalue weighted by Gasteiger charge is -2.32. The van der Waals surface area contributed by atoms with Gasteiger partial charge < -0.3 is 23.7 Å². The van der Waals surface area contributed by atoms with Gasteiger partial charge in [-0.1, -0.05) is 39.3 Å². The number of hydrogen-bond donors (Lipinski definition) is 0. The molecule has 0 radical (unpaired) electrons. The van der Waals surface area contributed by atoms with E-state index in [0.717, 1.165) is 12.8 Å². The van der Waals surface area contributed by atoms with E-state index >= 15 is 0 Å². The van der Waals surface area contributed by atoms with Gasteiger partial charge in [-0.25, -0.2) is 4.98 Å². The van der Waals surface area contributed by atoms with Gasteiger partial charge in [0.05, 0.1) is 13.0 Å². The molecule has 0 amide bonds. The van der Waals surface area contributed by atoms with Crippen LogP contribution in [0.5, 0.6) is 17.2 Å². The molecular formula is C31H42ClNO8. The lowest BCUT2D eigenvalue weighted by Crippen LogP contribution is -2.40. The smallest absolute Gasteiger partial charge is 0.309 e. The number of esters is 2. The zero-order chi connectivity index (χ0) is 30.5. The van der Waals surface area contributed by atoms with Gasteiger partial charge in [0.15, 0.2) is 23.0 Å². The summed E-state index contributed by atoms with van der Waals surface area (Å²) in [5.41, 5.74) is -0.0212. The number of carbonyl (C=O) groups is 3. The molecule has 1 aromatic carbocycles. The molecule has 0 fully saturated rings. The molecule has 0 saturated carbocycles. The number of benzene rings is 1. The molecule has 226 valence electrons. The molecule has 9 nitrogen and oxygen atoms in total. The van der Waals surface area contributed by atoms with Crippen molar-refractivity contribution in [2.45, 2.75) is 79.4 Å². The van der Waals surface area contributed by atoms with Crippen LogP contribution in [0.15, 0.2) is 36.5 Å². The molecule has 0 saturated heterocycles. The number of ketones is 1. The van der Waals surface area contributed by atoms with Gasteiger partial charge >= 0.3 is 11.9 Å². The highest BCUT2D eigenvalue weighted by atomic mass is 35.5. The number of carbonyl (C=O) groups excluding carboxylic acids is 3. The Bertz CT molecular complexity index is 1130. The average Bonchev–Trinajstić information content (AvgIpc) is 2.93. The van der Waals surface area contributed by atoms with Gasteiger partial charge in [-0.05, 0) is 62.3 Å². The first kappa shape index (κ1) is 33.9. The van der Waals surface area contributed by atoms with Crippen LogP contribution in [0, 0.1) is 17.8 Å². The third-order valence-electron chi connectivity index (χ3n) is 6.70. The predicted octanol–water partition coefficient (Wildman–Crippen LogP) is 6.69. The summed E-state index contributed by atoms with van der Waals surface area (Å²) in [7, 11) is 1.42. The topological polar surface area (TPSA) is 110 Å². The summed E-state index contributed by atoms with van der Waals surface area (Å²) in [4.78, 5) is 42.4. The number of hydrogen-bond acceptors (Lipinski definition) is 9. The zero-order valence-corrected chi connectivity index (χ0v) is 25.7. The molecule has 10 heteroatoms. The highest BCUT2D eigenvalue weighted by Gasteiger charge is 2.34. The first-order chi connectivity index (χ1) is 19.5. The number of methoxy groups -OCH3 is 1. The summed E-state index contributed by atoms with van der Waals surface area (Å²) in [6.45, 7) is 10.7. The van der Waals surface area contributed by atoms with E-state index in [1.807, 2.05) is 20.8 Å². The van der Waals surface area contributed by atoms with Crippen molar-refractivity contribution < 1.29 is 38.1 Å². The fraction of sp³-hybridized carbons (Fsp3) is 0.548. The monoisotopic (exact) mass is 591 g/mol. The van der Waals surface area contributed by atoms with E-state index in [1.165, 1.54) is 26.3 Å². The van der Waals surface area contributed by atoms with Gasteiger partial charge in [0.25, 0.3) is 0 Å². The van der Waals surface area contributed by atoms with Crippen molar-refractivity contribution in [3.63, 3.8) is 0 Å². The van der Waals surface area contributed by atoms with Gasteiger partial charge in [0, 0.05) is 30.6 Å². The molecule has 0 spiro atoms. The normalized spacial score (nSPS) is 13.3. The van der Waals surface area contributed by atoms with Crippen molar-refractivity contribution in [2.24, 2.45) is 17.8 Å². The van der Waals surface area contributed by atoms with Gasteiger partial charge in [-0.15, -0.1) is 0 Å². The Morgan fingerprint density at radius 2 is 1.66 bits per heavy atom. The van der Waals surface area contributed by atoms with Crippen molar-refractivity contribution in [1.82, 2.24) is 4.98 Å². The van der Waals surface area contributed by atoms with Crippen molar-refractivity contribution >= 4 is 29.3 Å². The van der Waals surface area contributed by atoms with Gasteiger partial charge in [0.1, 0.15) is 18.0 Å². The second kappa shape index (κ2) is 16.8. The molecule has 1 aromatic heterocycles. The standard InChI is InChI=1S/C31H42ClNO8/c1-8-22(9-2)29(41-25-12-10-24(32)11-13-25)20(5)40-31(36)23(16-19(3)4)17-26(35)28-30(39-18-38-21(6)34)27(37-7)14-15-33-28/h10-15,19-20,22-23,29H,8-9,16-18H2,1-7H3/t20-,23+,29+/m0/s1. The van der Waals surface area contributed by atoms with Gasteiger partial charge in [-0.3, -0.25) is 14.4 Å². The highest BCUT2D eigenvalue weighted by Crippen LogP contribution is 2.32. The maximum absolute atomic E-state index is 13.5. The lowest BCUT2D eigenvalue weighted by molar-refractivity contribution is -0.160. The molecule has 1 heterocycles. The molecule has 0 unspecified atom stereocenters. The number of nitrogens with zero attached hydrogens (tertiary/aromatic N) is 1. The third-order valence-corrected chi connectivity index (χ3v) is 6.95. The fourth-order valence-electron chi connectivity index (χ4n) is 4.60. The van der Waals surface area contributed by atoms with Crippen LogP contribution in [0.25, 0.3) is 0 Å². The first-order valence-corrected chi connectivity index (χ1v) is 14.3. The maximum Gasteiger partial charge on any atom is 0.309 e. The fourth-order valence-corrected chi connectivity index (χ4v) is 4.72. The number of pyridine rings is 1. The Labute approximate surface area is 247 Å². The van der Waals surface area contributed by atoms with E-state index in [4.69, 9.17) is 35.3 Å². The van der Waals surface area contributed by atoms with Crippen molar-refractivity contribution in [3.8, 4) is 17.2 Å². The van der Waals surface area contributed by atoms with Gasteiger partial charge in [0.2, 0.25) is 6.79 Å². The number of ether oxygens (including phenoxy) is 5. The van der Waals surface area contributed by atoms with Crippen molar-refractivity contribution in [3.05, 3.63) is 47.2 Å². The number of Topliss-reactive ketones (excluding diaryl/α,β-unsaturated/α-hetero) is 1. The molecule has 3 atom stereocenters. The summed E-state index contributed by atoms with van der Waals surface area (Å²) in [6.07, 6.45) is 2.39. The molecular weight excluding hydrogens is 550 g/mol. The lowest BCUT2D eigenvalue weighted by atomic mass is 9.90. The average molecular weight is 592 g/mol. The second-order valence-corrected chi connectivity index (χ2v) is 10.7. The van der Waals surface area contributed by atoms with Crippen LogP contribution in [0.2, 0.25) is 5.02 Å². The van der Waals surface area contributed by atoms with Crippen LogP contribution >= 0.6 is 11.6 Å². The van der Waals surface area contributed by atoms with E-state index in [2.05, 4.69) is 18.8 Å². The minimum atomic E-state index is -0.725. The Kier molecular flexibility index (Phi) is 13.9. The molecule has 2 rings (SSSR count). The molecule has 0 bridgehead atoms. The first-order valence-electron chi connectivity index (χ1n) is 14.0. The summed E-state index contributed by atoms with van der Waals surface area (Å²) in [5.74, 6) is -1.00. The van der Waals surface area contributed by atoms with Crippen molar-refractivity contribution in [1.29, 1.82) is 0 Å². The largest absolute Gasteiger partial charge is 0.493 e. The quantitative estimate of drug-likeness (QED) is 0.113. The zero-order valence-electron chi connectivity index (χ0n) is 25.0. The van der Waals surface area contributed by atoms with Crippen LogP contribution in [-0.4, -0.2) is 48.8 Å². The Morgan fingerprint density at radius 1 is 1.00 bits per heavy atom. The molecule has 0 aliphatic heterocycles. The summed E-state index contributed by atoms with van der Waals surface area (Å²) >= 11 is 6.03. The Balaban J connectivity index is 2.26. The SMILES string of the molecule is CCC(CC)[C@H](Oc1ccc(Cl)cc1)[C@H](C)OC(=O)[C@@H](CC(=O)c1nccc(OC)c1OCOC(C)=O)CC(C)C. The predicted molar refractivity (Wildman–Crippen MR) is 155 cm³/mol. The second-order valence-electron chi connectivity index (χ2n) is 10.3. The molecule has 0 aliphatic carbocycles. The molecule has 41 heavy (non-hydrogen) atoms. The minimum Gasteiger partial charge on any atom is -0.493 e. The highest BCUT2D eigenvalue weighted by molar-refractivity contribution is 6.30. The minimum absolute atomic E-state index is 0.0212.